The van der Waals surface area contributed by atoms with Crippen molar-refractivity contribution >= 4 is 68.6 Å². The van der Waals surface area contributed by atoms with Crippen LogP contribution in [0.4, 0.5) is 0 Å². The number of halogens is 4. The molecule has 3 rings (SSSR count). The molecule has 2 heterocycles. The number of rotatable bonds is 1. The van der Waals surface area contributed by atoms with E-state index in [-0.39, 0.29) is 0 Å². The second-order valence-corrected chi connectivity index (χ2v) is 6.64. The van der Waals surface area contributed by atoms with Crippen LogP contribution in [0.15, 0.2) is 24.3 Å². The van der Waals surface area contributed by atoms with Gasteiger partial charge in [-0.3, -0.25) is 0 Å². The highest BCUT2D eigenvalue weighted by molar-refractivity contribution is 7.19. The number of aromatic nitrogens is 2. The van der Waals surface area contributed by atoms with E-state index in [1.54, 1.807) is 18.2 Å². The minimum Gasteiger partial charge on any atom is -0.226 e. The van der Waals surface area contributed by atoms with E-state index in [1.165, 1.54) is 11.3 Å². The molecule has 0 radical (unpaired) electrons. The van der Waals surface area contributed by atoms with Crippen molar-refractivity contribution in [1.29, 1.82) is 0 Å². The van der Waals surface area contributed by atoms with E-state index in [4.69, 9.17) is 46.4 Å². The summed E-state index contributed by atoms with van der Waals surface area (Å²) < 4.78 is 0.664. The molecule has 0 aliphatic carbocycles. The fourth-order valence-electron chi connectivity index (χ4n) is 1.67. The molecule has 96 valence electrons. The summed E-state index contributed by atoms with van der Waals surface area (Å²) in [6, 6.07) is 6.94. The van der Waals surface area contributed by atoms with Crippen LogP contribution in [0.2, 0.25) is 19.5 Å². The average Bonchev–Trinajstić information content (AvgIpc) is 2.77. The van der Waals surface area contributed by atoms with Gasteiger partial charge < -0.3 is 0 Å². The molecular weight excluding hydrogens is 346 g/mol. The van der Waals surface area contributed by atoms with Crippen LogP contribution in [0.1, 0.15) is 0 Å². The maximum atomic E-state index is 6.17. The number of hydrogen-bond donors (Lipinski definition) is 0. The largest absolute Gasteiger partial charge is 0.226 e. The Morgan fingerprint density at radius 1 is 0.947 bits per heavy atom. The highest BCUT2D eigenvalue weighted by atomic mass is 35.5. The van der Waals surface area contributed by atoms with Gasteiger partial charge in [-0.1, -0.05) is 46.4 Å². The Balaban J connectivity index is 2.30. The Bertz CT molecular complexity index is 785. The Morgan fingerprint density at radius 3 is 2.42 bits per heavy atom. The van der Waals surface area contributed by atoms with Crippen LogP contribution in [-0.2, 0) is 0 Å². The molecule has 3 aromatic rings. The normalized spacial score (nSPS) is 11.2. The van der Waals surface area contributed by atoms with Crippen LogP contribution in [-0.4, -0.2) is 9.97 Å². The lowest BCUT2D eigenvalue weighted by Crippen LogP contribution is -1.91. The molecular formula is C12H4Cl4N2S. The van der Waals surface area contributed by atoms with Gasteiger partial charge in [0.25, 0.3) is 0 Å². The smallest absolute Gasteiger partial charge is 0.171 e. The molecule has 7 heteroatoms. The lowest BCUT2D eigenvalue weighted by Gasteiger charge is -2.05. The Labute approximate surface area is 132 Å². The zero-order valence-corrected chi connectivity index (χ0v) is 13.0. The van der Waals surface area contributed by atoms with Gasteiger partial charge in [-0.15, -0.1) is 11.3 Å². The summed E-state index contributed by atoms with van der Waals surface area (Å²) in [7, 11) is 0. The number of benzene rings is 1. The highest BCUT2D eigenvalue weighted by Crippen LogP contribution is 2.34. The first-order valence-corrected chi connectivity index (χ1v) is 7.45. The zero-order valence-electron chi connectivity index (χ0n) is 9.12. The van der Waals surface area contributed by atoms with Gasteiger partial charge in [0.05, 0.1) is 19.8 Å². The zero-order chi connectivity index (χ0) is 13.6. The summed E-state index contributed by atoms with van der Waals surface area (Å²) in [5.74, 6) is 0.499. The van der Waals surface area contributed by atoms with Gasteiger partial charge in [-0.05, 0) is 24.3 Å². The van der Waals surface area contributed by atoms with Gasteiger partial charge >= 0.3 is 0 Å². The van der Waals surface area contributed by atoms with E-state index in [9.17, 15) is 0 Å². The van der Waals surface area contributed by atoms with E-state index >= 15 is 0 Å². The first kappa shape index (κ1) is 13.4. The van der Waals surface area contributed by atoms with E-state index in [0.717, 1.165) is 4.88 Å². The van der Waals surface area contributed by atoms with E-state index in [2.05, 4.69) is 9.97 Å². The maximum Gasteiger partial charge on any atom is 0.171 e. The standard InChI is InChI=1S/C12H4Cl4N2S/c13-5-3-6-10(7(14)4-5)17-12(18-11(6)16)8-1-2-9(15)19-8/h1-4H. The third-order valence-electron chi connectivity index (χ3n) is 2.47. The first-order valence-electron chi connectivity index (χ1n) is 5.12. The highest BCUT2D eigenvalue weighted by Gasteiger charge is 2.13. The molecule has 0 atom stereocenters. The molecule has 0 aliphatic rings. The molecule has 0 spiro atoms. The predicted octanol–water partition coefficient (Wildman–Crippen LogP) is 5.97. The van der Waals surface area contributed by atoms with Crippen molar-refractivity contribution in [3.05, 3.63) is 43.8 Å². The lowest BCUT2D eigenvalue weighted by atomic mass is 10.2. The van der Waals surface area contributed by atoms with Crippen molar-refractivity contribution < 1.29 is 0 Å². The van der Waals surface area contributed by atoms with Gasteiger partial charge in [0.2, 0.25) is 0 Å². The monoisotopic (exact) mass is 348 g/mol. The Hall–Kier alpha value is -0.580. The van der Waals surface area contributed by atoms with Crippen LogP contribution in [0.25, 0.3) is 21.6 Å². The number of thiophene rings is 1. The molecule has 1 aromatic carbocycles. The minimum atomic E-state index is 0.314. The summed E-state index contributed by atoms with van der Waals surface area (Å²) in [5, 5.41) is 1.88. The van der Waals surface area contributed by atoms with E-state index in [1.807, 2.05) is 6.07 Å². The van der Waals surface area contributed by atoms with Crippen LogP contribution < -0.4 is 0 Å². The molecule has 0 saturated heterocycles. The molecule has 0 unspecified atom stereocenters. The maximum absolute atomic E-state index is 6.17. The molecule has 0 aliphatic heterocycles. The summed E-state index contributed by atoms with van der Waals surface area (Å²) in [5.41, 5.74) is 0.575. The topological polar surface area (TPSA) is 25.8 Å². The van der Waals surface area contributed by atoms with Gasteiger partial charge in [0.1, 0.15) is 5.15 Å². The average molecular weight is 350 g/mol. The van der Waals surface area contributed by atoms with Crippen LogP contribution in [0.3, 0.4) is 0 Å². The Morgan fingerprint density at radius 2 is 1.74 bits per heavy atom. The second kappa shape index (κ2) is 5.08. The fraction of sp³-hybridized carbons (Fsp3) is 0. The molecule has 0 saturated carbocycles. The van der Waals surface area contributed by atoms with Crippen LogP contribution in [0, 0.1) is 0 Å². The third-order valence-corrected chi connectivity index (χ3v) is 4.49. The van der Waals surface area contributed by atoms with Crippen molar-refractivity contribution in [2.24, 2.45) is 0 Å². The van der Waals surface area contributed by atoms with Crippen molar-refractivity contribution in [3.8, 4) is 10.7 Å². The second-order valence-electron chi connectivity index (χ2n) is 3.73. The number of fused-ring (bicyclic) bond motifs is 1. The number of nitrogens with zero attached hydrogens (tertiary/aromatic N) is 2. The lowest BCUT2D eigenvalue weighted by molar-refractivity contribution is 1.24. The van der Waals surface area contributed by atoms with Gasteiger partial charge in [-0.2, -0.15) is 0 Å². The minimum absolute atomic E-state index is 0.314. The third kappa shape index (κ3) is 2.54. The van der Waals surface area contributed by atoms with Gasteiger partial charge in [0.15, 0.2) is 5.82 Å². The summed E-state index contributed by atoms with van der Waals surface area (Å²) in [6.07, 6.45) is 0. The van der Waals surface area contributed by atoms with Crippen molar-refractivity contribution in [3.63, 3.8) is 0 Å². The van der Waals surface area contributed by atoms with Crippen LogP contribution in [0.5, 0.6) is 0 Å². The predicted molar refractivity (Wildman–Crippen MR) is 82.9 cm³/mol. The summed E-state index contributed by atoms with van der Waals surface area (Å²) in [6.45, 7) is 0. The molecule has 0 bridgehead atoms. The molecule has 2 nitrogen and oxygen atoms in total. The first-order chi connectivity index (χ1) is 9.04. The summed E-state index contributed by atoms with van der Waals surface area (Å²) in [4.78, 5) is 9.52. The molecule has 0 amide bonds. The van der Waals surface area contributed by atoms with Crippen molar-refractivity contribution in [2.45, 2.75) is 0 Å². The summed E-state index contributed by atoms with van der Waals surface area (Å²) >= 11 is 25.5. The quantitative estimate of drug-likeness (QED) is 0.505. The van der Waals surface area contributed by atoms with Gasteiger partial charge in [-0.25, -0.2) is 9.97 Å². The van der Waals surface area contributed by atoms with Crippen LogP contribution >= 0.6 is 57.7 Å². The SMILES string of the molecule is Clc1cc(Cl)c2nc(-c3ccc(Cl)s3)nc(Cl)c2c1. The van der Waals surface area contributed by atoms with E-state index in [0.29, 0.717) is 36.3 Å². The van der Waals surface area contributed by atoms with E-state index < -0.39 is 0 Å². The molecule has 19 heavy (non-hydrogen) atoms. The molecule has 0 fully saturated rings. The van der Waals surface area contributed by atoms with Crippen molar-refractivity contribution in [2.75, 3.05) is 0 Å². The Kier molecular flexibility index (Phi) is 3.58. The fourth-order valence-corrected chi connectivity index (χ4v) is 3.40. The van der Waals surface area contributed by atoms with Gasteiger partial charge in [0, 0.05) is 10.4 Å². The number of hydrogen-bond acceptors (Lipinski definition) is 3. The molecule has 0 N–H and O–H groups in total. The molecule has 2 aromatic heterocycles. The van der Waals surface area contributed by atoms with Crippen molar-refractivity contribution in [1.82, 2.24) is 9.97 Å².